The van der Waals surface area contributed by atoms with Crippen molar-refractivity contribution in [2.45, 2.75) is 38.1 Å². The van der Waals surface area contributed by atoms with E-state index < -0.39 is 6.04 Å². The van der Waals surface area contributed by atoms with Gasteiger partial charge in [-0.15, -0.1) is 0 Å². The summed E-state index contributed by atoms with van der Waals surface area (Å²) in [6.45, 7) is 0. The molecule has 122 valence electrons. The molecule has 2 aromatic rings. The quantitative estimate of drug-likeness (QED) is 0.920. The molecule has 1 N–H and O–H groups in total. The molecule has 0 radical (unpaired) electrons. The van der Waals surface area contributed by atoms with Gasteiger partial charge in [0.05, 0.1) is 0 Å². The van der Waals surface area contributed by atoms with Crippen molar-refractivity contribution < 1.29 is 9.18 Å². The van der Waals surface area contributed by atoms with Crippen LogP contribution in [0.15, 0.2) is 36.7 Å². The number of carbonyl (C=O) groups excluding carboxylic acids is 1. The van der Waals surface area contributed by atoms with Gasteiger partial charge >= 0.3 is 0 Å². The summed E-state index contributed by atoms with van der Waals surface area (Å²) in [5.41, 5.74) is 0.446. The largest absolute Gasteiger partial charge is 0.342 e. The molecule has 1 aromatic carbocycles. The molecule has 1 aliphatic carbocycles. The number of benzene rings is 1. The minimum atomic E-state index is -0.565. The molecule has 0 aliphatic heterocycles. The summed E-state index contributed by atoms with van der Waals surface area (Å²) >= 11 is 0. The average Bonchev–Trinajstić information content (AvgIpc) is 3.17. The van der Waals surface area contributed by atoms with Crippen LogP contribution in [0.4, 0.5) is 4.39 Å². The van der Waals surface area contributed by atoms with Gasteiger partial charge in [-0.1, -0.05) is 31.0 Å². The monoisotopic (exact) mass is 315 g/mol. The smallest absolute Gasteiger partial charge is 0.221 e. The molecule has 0 bridgehead atoms. The van der Waals surface area contributed by atoms with Crippen molar-refractivity contribution in [3.63, 3.8) is 0 Å². The van der Waals surface area contributed by atoms with Gasteiger partial charge < -0.3 is 9.88 Å². The second kappa shape index (κ2) is 6.94. The Bertz CT molecular complexity index is 676. The standard InChI is InChI=1S/C18H22FN3O/c1-22-11-10-20-18(22)17(14-8-4-5-9-15(14)19)21-16(23)12-13-6-2-3-7-13/h4-5,8-11,13,17H,2-3,6-7,12H2,1H3,(H,21,23). The van der Waals surface area contributed by atoms with Gasteiger partial charge in [0.15, 0.2) is 0 Å². The van der Waals surface area contributed by atoms with Crippen molar-refractivity contribution in [2.24, 2.45) is 13.0 Å². The van der Waals surface area contributed by atoms with Gasteiger partial charge in [0.25, 0.3) is 0 Å². The van der Waals surface area contributed by atoms with E-state index in [9.17, 15) is 9.18 Å². The van der Waals surface area contributed by atoms with E-state index in [-0.39, 0.29) is 11.7 Å². The first-order valence-corrected chi connectivity index (χ1v) is 8.16. The van der Waals surface area contributed by atoms with E-state index in [0.717, 1.165) is 12.8 Å². The summed E-state index contributed by atoms with van der Waals surface area (Å²) in [5.74, 6) is 0.724. The summed E-state index contributed by atoms with van der Waals surface area (Å²) in [6, 6.07) is 5.97. The van der Waals surface area contributed by atoms with Crippen LogP contribution in [0.2, 0.25) is 0 Å². The second-order valence-electron chi connectivity index (χ2n) is 6.27. The Morgan fingerprint density at radius 3 is 2.78 bits per heavy atom. The normalized spacial score (nSPS) is 16.4. The zero-order valence-electron chi connectivity index (χ0n) is 13.3. The predicted octanol–water partition coefficient (Wildman–Crippen LogP) is 3.35. The Labute approximate surface area is 135 Å². The fourth-order valence-corrected chi connectivity index (χ4v) is 3.34. The first kappa shape index (κ1) is 15.7. The Kier molecular flexibility index (Phi) is 4.74. The molecule has 1 aliphatic rings. The number of amides is 1. The third kappa shape index (κ3) is 3.60. The second-order valence-corrected chi connectivity index (χ2v) is 6.27. The van der Waals surface area contributed by atoms with Gasteiger partial charge in [-0.25, -0.2) is 9.37 Å². The molecule has 0 spiro atoms. The molecule has 5 heteroatoms. The topological polar surface area (TPSA) is 46.9 Å². The average molecular weight is 315 g/mol. The van der Waals surface area contributed by atoms with Gasteiger partial charge in [-0.2, -0.15) is 0 Å². The number of hydrogen-bond acceptors (Lipinski definition) is 2. The van der Waals surface area contributed by atoms with Crippen molar-refractivity contribution in [3.8, 4) is 0 Å². The van der Waals surface area contributed by atoms with E-state index >= 15 is 0 Å². The van der Waals surface area contributed by atoms with Gasteiger partial charge in [0.2, 0.25) is 5.91 Å². The van der Waals surface area contributed by atoms with Crippen LogP contribution in [0.1, 0.15) is 49.5 Å². The maximum absolute atomic E-state index is 14.2. The van der Waals surface area contributed by atoms with Crippen LogP contribution in [0.25, 0.3) is 0 Å². The Morgan fingerprint density at radius 1 is 1.39 bits per heavy atom. The Hall–Kier alpha value is -2.17. The van der Waals surface area contributed by atoms with Crippen LogP contribution in [0.3, 0.4) is 0 Å². The fourth-order valence-electron chi connectivity index (χ4n) is 3.34. The number of aromatic nitrogens is 2. The van der Waals surface area contributed by atoms with E-state index in [1.165, 1.54) is 18.9 Å². The van der Waals surface area contributed by atoms with E-state index in [1.807, 2.05) is 11.6 Å². The SMILES string of the molecule is Cn1ccnc1C(NC(=O)CC1CCCC1)c1ccccc1F. The molecule has 1 amide bonds. The Balaban J connectivity index is 1.82. The lowest BCUT2D eigenvalue weighted by Crippen LogP contribution is -2.32. The highest BCUT2D eigenvalue weighted by Crippen LogP contribution is 2.28. The molecule has 0 saturated heterocycles. The third-order valence-corrected chi connectivity index (χ3v) is 4.59. The van der Waals surface area contributed by atoms with E-state index in [2.05, 4.69) is 10.3 Å². The van der Waals surface area contributed by atoms with Gasteiger partial charge in [0, 0.05) is 31.4 Å². The number of hydrogen-bond donors (Lipinski definition) is 1. The number of halogens is 1. The van der Waals surface area contributed by atoms with Crippen LogP contribution in [0, 0.1) is 11.7 Å². The van der Waals surface area contributed by atoms with Gasteiger partial charge in [-0.05, 0) is 24.8 Å². The number of carbonyl (C=O) groups is 1. The lowest BCUT2D eigenvalue weighted by Gasteiger charge is -2.20. The number of imidazole rings is 1. The first-order valence-electron chi connectivity index (χ1n) is 8.16. The highest BCUT2D eigenvalue weighted by molar-refractivity contribution is 5.77. The maximum Gasteiger partial charge on any atom is 0.221 e. The first-order chi connectivity index (χ1) is 11.1. The molecule has 1 atom stereocenters. The predicted molar refractivity (Wildman–Crippen MR) is 86.2 cm³/mol. The van der Waals surface area contributed by atoms with Crippen LogP contribution in [-0.4, -0.2) is 15.5 Å². The summed E-state index contributed by atoms with van der Waals surface area (Å²) in [6.07, 6.45) is 8.59. The minimum absolute atomic E-state index is 0.0341. The number of aryl methyl sites for hydroxylation is 1. The zero-order chi connectivity index (χ0) is 16.2. The van der Waals surface area contributed by atoms with Crippen LogP contribution < -0.4 is 5.32 Å². The number of rotatable bonds is 5. The fraction of sp³-hybridized carbons (Fsp3) is 0.444. The van der Waals surface area contributed by atoms with Crippen molar-refractivity contribution in [1.82, 2.24) is 14.9 Å². The van der Waals surface area contributed by atoms with E-state index in [1.54, 1.807) is 30.6 Å². The molecule has 23 heavy (non-hydrogen) atoms. The zero-order valence-corrected chi connectivity index (χ0v) is 13.3. The van der Waals surface area contributed by atoms with Crippen molar-refractivity contribution in [1.29, 1.82) is 0 Å². The Morgan fingerprint density at radius 2 is 2.13 bits per heavy atom. The molecule has 1 saturated carbocycles. The maximum atomic E-state index is 14.2. The third-order valence-electron chi connectivity index (χ3n) is 4.59. The summed E-state index contributed by atoms with van der Waals surface area (Å²) < 4.78 is 16.0. The van der Waals surface area contributed by atoms with Crippen LogP contribution in [0.5, 0.6) is 0 Å². The van der Waals surface area contributed by atoms with E-state index in [0.29, 0.717) is 23.7 Å². The lowest BCUT2D eigenvalue weighted by molar-refractivity contribution is -0.122. The molecule has 1 heterocycles. The van der Waals surface area contributed by atoms with Crippen molar-refractivity contribution in [3.05, 3.63) is 53.9 Å². The highest BCUT2D eigenvalue weighted by Gasteiger charge is 2.25. The molecular formula is C18H22FN3O. The highest BCUT2D eigenvalue weighted by atomic mass is 19.1. The number of nitrogens with one attached hydrogen (secondary N) is 1. The summed E-state index contributed by atoms with van der Waals surface area (Å²) in [7, 11) is 1.85. The van der Waals surface area contributed by atoms with Gasteiger partial charge in [0.1, 0.15) is 17.7 Å². The molecule has 1 aromatic heterocycles. The van der Waals surface area contributed by atoms with Crippen molar-refractivity contribution >= 4 is 5.91 Å². The van der Waals surface area contributed by atoms with Crippen LogP contribution >= 0.6 is 0 Å². The molecule has 4 nitrogen and oxygen atoms in total. The molecule has 1 fully saturated rings. The molecule has 3 rings (SSSR count). The van der Waals surface area contributed by atoms with Crippen molar-refractivity contribution in [2.75, 3.05) is 0 Å². The summed E-state index contributed by atoms with van der Waals surface area (Å²) in [4.78, 5) is 16.7. The summed E-state index contributed by atoms with van der Waals surface area (Å²) in [5, 5.41) is 2.98. The van der Waals surface area contributed by atoms with Crippen LogP contribution in [-0.2, 0) is 11.8 Å². The molecule has 1 unspecified atom stereocenters. The van der Waals surface area contributed by atoms with Gasteiger partial charge in [-0.3, -0.25) is 4.79 Å². The van der Waals surface area contributed by atoms with E-state index in [4.69, 9.17) is 0 Å². The lowest BCUT2D eigenvalue weighted by atomic mass is 10.0. The number of nitrogens with zero attached hydrogens (tertiary/aromatic N) is 2. The molecular weight excluding hydrogens is 293 g/mol. The minimum Gasteiger partial charge on any atom is -0.342 e.